The van der Waals surface area contributed by atoms with Gasteiger partial charge >= 0.3 is 0 Å². The highest BCUT2D eigenvalue weighted by atomic mass is 16.8. The Kier molecular flexibility index (Phi) is 50.2. The molecule has 12 N–H and O–H groups in total. The fourth-order valence-electron chi connectivity index (χ4n) is 11.7. The number of rotatable bonds is 55. The predicted octanol–water partition coefficient (Wildman–Crippen LogP) is 10.4. The van der Waals surface area contributed by atoms with Crippen LogP contribution < -0.4 is 5.32 Å². The van der Waals surface area contributed by atoms with Crippen molar-refractivity contribution in [2.75, 3.05) is 26.4 Å². The molecule has 0 aromatic heterocycles. The van der Waals surface area contributed by atoms with Gasteiger partial charge in [-0.3, -0.25) is 4.79 Å². The standard InChI is InChI=1S/C75H129NO18/c1-3-5-7-9-11-13-15-17-19-21-23-25-26-27-28-29-30-31-32-33-35-37-39-41-43-45-47-49-51-53-63(81)76-58(59(80)52-50-48-46-44-42-40-38-36-34-24-22-20-18-16-14-12-10-8-6-4-2)57-89-73-69(87)66(84)71(61(55-78)91-73)94-75-70(88)67(85)72(62(56-79)92-75)93-74-68(86)65(83)64(82)60(54-77)90-74/h5,7,11,13,17,19,23,25,27-28,34,36,42,44,50,52,58-62,64-75,77-80,82-88H,3-4,6,8-10,12,14-16,18,20-22,24,26,29-33,35,37-41,43,45-49,51,53-57H2,1-2H3,(H,76,81)/b7-5-,13-11-,19-17-,25-23-,28-27-,36-34+,44-42+,52-50+. The number of allylic oxidation sites excluding steroid dienone is 15. The van der Waals surface area contributed by atoms with Crippen LogP contribution in [-0.2, 0) is 33.2 Å². The van der Waals surface area contributed by atoms with Crippen molar-refractivity contribution < 1.29 is 89.4 Å². The highest BCUT2D eigenvalue weighted by Crippen LogP contribution is 2.33. The second-order valence-electron chi connectivity index (χ2n) is 25.6. The van der Waals surface area contributed by atoms with Crippen molar-refractivity contribution >= 4 is 5.91 Å². The third-order valence-electron chi connectivity index (χ3n) is 17.6. The zero-order valence-corrected chi connectivity index (χ0v) is 57.4. The number of ether oxygens (including phenoxy) is 6. The number of hydrogen-bond acceptors (Lipinski definition) is 18. The summed E-state index contributed by atoms with van der Waals surface area (Å²) in [4.78, 5) is 13.4. The van der Waals surface area contributed by atoms with E-state index in [-0.39, 0.29) is 18.9 Å². The lowest BCUT2D eigenvalue weighted by molar-refractivity contribution is -0.379. The van der Waals surface area contributed by atoms with Gasteiger partial charge in [0.15, 0.2) is 18.9 Å². The average Bonchev–Trinajstić information content (AvgIpc) is 0.787. The van der Waals surface area contributed by atoms with E-state index in [9.17, 15) is 61.0 Å². The molecule has 542 valence electrons. The van der Waals surface area contributed by atoms with Crippen molar-refractivity contribution in [3.05, 3.63) is 97.2 Å². The maximum Gasteiger partial charge on any atom is 0.220 e. The van der Waals surface area contributed by atoms with Gasteiger partial charge in [-0.25, -0.2) is 0 Å². The molecule has 3 heterocycles. The second kappa shape index (κ2) is 55.6. The molecule has 0 aromatic carbocycles. The van der Waals surface area contributed by atoms with Crippen molar-refractivity contribution in [3.8, 4) is 0 Å². The lowest BCUT2D eigenvalue weighted by Gasteiger charge is -2.48. The molecule has 1 amide bonds. The van der Waals surface area contributed by atoms with Gasteiger partial charge in [-0.05, 0) is 89.9 Å². The summed E-state index contributed by atoms with van der Waals surface area (Å²) in [6, 6.07) is -1.00. The van der Waals surface area contributed by atoms with Crippen LogP contribution in [0.1, 0.15) is 239 Å². The first-order valence-corrected chi connectivity index (χ1v) is 36.5. The minimum Gasteiger partial charge on any atom is -0.394 e. The topological polar surface area (TPSA) is 307 Å². The van der Waals surface area contributed by atoms with Gasteiger partial charge in [0.1, 0.15) is 73.2 Å². The van der Waals surface area contributed by atoms with E-state index in [2.05, 4.69) is 104 Å². The Labute approximate surface area is 564 Å². The highest BCUT2D eigenvalue weighted by Gasteiger charge is 2.53. The van der Waals surface area contributed by atoms with Gasteiger partial charge in [0.2, 0.25) is 5.91 Å². The molecule has 0 aromatic rings. The number of unbranched alkanes of at least 4 members (excludes halogenated alkanes) is 25. The number of carbonyl (C=O) groups is 1. The largest absolute Gasteiger partial charge is 0.394 e. The van der Waals surface area contributed by atoms with Gasteiger partial charge in [0.25, 0.3) is 0 Å². The van der Waals surface area contributed by atoms with Crippen LogP contribution in [0.2, 0.25) is 0 Å². The molecule has 19 heteroatoms. The van der Waals surface area contributed by atoms with Crippen LogP contribution >= 0.6 is 0 Å². The normalized spacial score (nSPS) is 27.9. The molecular formula is C75H129NO18. The Bertz CT molecular complexity index is 2080. The maximum atomic E-state index is 13.4. The summed E-state index contributed by atoms with van der Waals surface area (Å²) in [7, 11) is 0. The fraction of sp³-hybridized carbons (Fsp3) is 0.773. The van der Waals surface area contributed by atoms with Gasteiger partial charge in [0, 0.05) is 6.42 Å². The number of aliphatic hydroxyl groups is 11. The van der Waals surface area contributed by atoms with E-state index in [4.69, 9.17) is 28.4 Å². The first-order valence-electron chi connectivity index (χ1n) is 36.5. The summed E-state index contributed by atoms with van der Waals surface area (Å²) in [5.74, 6) is -0.294. The third kappa shape index (κ3) is 36.5. The summed E-state index contributed by atoms with van der Waals surface area (Å²) in [6.45, 7) is 1.59. The third-order valence-corrected chi connectivity index (χ3v) is 17.6. The van der Waals surface area contributed by atoms with E-state index in [1.165, 1.54) is 116 Å². The van der Waals surface area contributed by atoms with E-state index < -0.39 is 124 Å². The highest BCUT2D eigenvalue weighted by molar-refractivity contribution is 5.76. The lowest BCUT2D eigenvalue weighted by Crippen LogP contribution is -2.66. The van der Waals surface area contributed by atoms with Crippen molar-refractivity contribution in [2.24, 2.45) is 0 Å². The minimum atomic E-state index is -1.99. The number of aliphatic hydroxyl groups excluding tert-OH is 11. The molecule has 19 nitrogen and oxygen atoms in total. The average molecular weight is 1330 g/mol. The van der Waals surface area contributed by atoms with Crippen LogP contribution in [0.4, 0.5) is 0 Å². The molecule has 17 atom stereocenters. The maximum absolute atomic E-state index is 13.4. The molecule has 3 aliphatic rings. The molecular weight excluding hydrogens is 1200 g/mol. The number of nitrogens with one attached hydrogen (secondary N) is 1. The van der Waals surface area contributed by atoms with Crippen molar-refractivity contribution in [3.63, 3.8) is 0 Å². The van der Waals surface area contributed by atoms with E-state index in [1.54, 1.807) is 6.08 Å². The van der Waals surface area contributed by atoms with Crippen molar-refractivity contribution in [2.45, 2.75) is 343 Å². The first-order chi connectivity index (χ1) is 45.8. The molecule has 94 heavy (non-hydrogen) atoms. The Morgan fingerprint density at radius 2 is 0.745 bits per heavy atom. The van der Waals surface area contributed by atoms with Gasteiger partial charge in [-0.15, -0.1) is 0 Å². The van der Waals surface area contributed by atoms with Gasteiger partial charge in [-0.1, -0.05) is 239 Å². The molecule has 0 spiro atoms. The molecule has 3 saturated heterocycles. The molecule has 3 rings (SSSR count). The zero-order chi connectivity index (χ0) is 68.2. The molecule has 0 radical (unpaired) electrons. The molecule has 3 fully saturated rings. The van der Waals surface area contributed by atoms with Crippen LogP contribution in [-0.4, -0.2) is 193 Å². The Morgan fingerprint density at radius 3 is 1.19 bits per heavy atom. The van der Waals surface area contributed by atoms with E-state index in [0.29, 0.717) is 12.8 Å². The van der Waals surface area contributed by atoms with E-state index in [1.807, 2.05) is 6.08 Å². The predicted molar refractivity (Wildman–Crippen MR) is 369 cm³/mol. The van der Waals surface area contributed by atoms with Crippen LogP contribution in [0, 0.1) is 0 Å². The van der Waals surface area contributed by atoms with E-state index in [0.717, 1.165) is 89.9 Å². The van der Waals surface area contributed by atoms with Crippen LogP contribution in [0.25, 0.3) is 0 Å². The zero-order valence-electron chi connectivity index (χ0n) is 57.4. The SMILES string of the molecule is CC/C=C\C/C=C\C/C=C\C/C=C\C/C=C\CCCCCCCCCCCCCCCC(=O)NC(COC1OC(CO)C(OC2OC(CO)C(OC3OC(CO)C(O)C(O)C3O)C(O)C2O)C(O)C1O)C(O)/C=C/CC/C=C/CC/C=C/CCCCCCCCCCCC. The monoisotopic (exact) mass is 1330 g/mol. The Morgan fingerprint density at radius 1 is 0.394 bits per heavy atom. The van der Waals surface area contributed by atoms with Gasteiger partial charge in [0.05, 0.1) is 38.6 Å². The number of carbonyl (C=O) groups excluding carboxylic acids is 1. The Hall–Kier alpha value is -3.29. The summed E-state index contributed by atoms with van der Waals surface area (Å²) >= 11 is 0. The van der Waals surface area contributed by atoms with Gasteiger partial charge < -0.3 is 89.9 Å². The van der Waals surface area contributed by atoms with Crippen LogP contribution in [0.3, 0.4) is 0 Å². The van der Waals surface area contributed by atoms with Crippen LogP contribution in [0.5, 0.6) is 0 Å². The van der Waals surface area contributed by atoms with E-state index >= 15 is 0 Å². The summed E-state index contributed by atoms with van der Waals surface area (Å²) < 4.78 is 34.4. The summed E-state index contributed by atoms with van der Waals surface area (Å²) in [5, 5.41) is 121. The van der Waals surface area contributed by atoms with Gasteiger partial charge in [-0.2, -0.15) is 0 Å². The van der Waals surface area contributed by atoms with Crippen molar-refractivity contribution in [1.29, 1.82) is 0 Å². The molecule has 0 saturated carbocycles. The Balaban J connectivity index is 1.42. The minimum absolute atomic E-state index is 0.225. The quantitative estimate of drug-likeness (QED) is 0.0199. The molecule has 17 unspecified atom stereocenters. The second-order valence-corrected chi connectivity index (χ2v) is 25.6. The summed E-state index contributed by atoms with van der Waals surface area (Å²) in [6.07, 6.45) is 46.6. The van der Waals surface area contributed by atoms with Crippen molar-refractivity contribution in [1.82, 2.24) is 5.32 Å². The molecule has 0 aliphatic carbocycles. The smallest absolute Gasteiger partial charge is 0.220 e. The lowest BCUT2D eigenvalue weighted by atomic mass is 9.96. The molecule has 0 bridgehead atoms. The fourth-order valence-corrected chi connectivity index (χ4v) is 11.7. The van der Waals surface area contributed by atoms with Crippen LogP contribution in [0.15, 0.2) is 97.2 Å². The number of amides is 1. The first kappa shape index (κ1) is 84.9. The molecule has 3 aliphatic heterocycles. The summed E-state index contributed by atoms with van der Waals surface area (Å²) in [5.41, 5.74) is 0. The number of hydrogen-bond donors (Lipinski definition) is 12.